The molecule has 0 saturated carbocycles. The summed E-state index contributed by atoms with van der Waals surface area (Å²) in [5, 5.41) is 16.0. The molecule has 116 valence electrons. The molecule has 22 heavy (non-hydrogen) atoms. The molecular weight excluding hydrogens is 305 g/mol. The Labute approximate surface area is 133 Å². The number of nitrogen functional groups attached to an aromatic ring is 1. The normalized spacial score (nSPS) is 10.9. The summed E-state index contributed by atoms with van der Waals surface area (Å²) in [6, 6.07) is 6.73. The van der Waals surface area contributed by atoms with Gasteiger partial charge in [-0.2, -0.15) is 10.4 Å². The van der Waals surface area contributed by atoms with E-state index in [1.807, 2.05) is 18.0 Å². The maximum absolute atomic E-state index is 13.7. The van der Waals surface area contributed by atoms with Crippen molar-refractivity contribution < 1.29 is 4.39 Å². The van der Waals surface area contributed by atoms with Crippen LogP contribution in [0.5, 0.6) is 0 Å². The van der Waals surface area contributed by atoms with Crippen molar-refractivity contribution in [2.75, 3.05) is 19.3 Å². The Morgan fingerprint density at radius 1 is 1.50 bits per heavy atom. The van der Waals surface area contributed by atoms with Crippen molar-refractivity contribution in [2.24, 2.45) is 0 Å². The number of nitrogens with one attached hydrogen (secondary N) is 1. The average Bonchev–Trinajstić information content (AvgIpc) is 2.82. The van der Waals surface area contributed by atoms with Crippen LogP contribution in [0, 0.1) is 17.1 Å². The van der Waals surface area contributed by atoms with E-state index in [-0.39, 0.29) is 11.6 Å². The Kier molecular flexibility index (Phi) is 5.36. The van der Waals surface area contributed by atoms with Crippen molar-refractivity contribution >= 4 is 17.4 Å². The van der Waals surface area contributed by atoms with Crippen LogP contribution in [0.4, 0.5) is 10.2 Å². The van der Waals surface area contributed by atoms with E-state index in [0.717, 1.165) is 18.7 Å². The summed E-state index contributed by atoms with van der Waals surface area (Å²) < 4.78 is 13.7. The van der Waals surface area contributed by atoms with Gasteiger partial charge in [0, 0.05) is 17.1 Å². The first-order valence-electron chi connectivity index (χ1n) is 6.86. The number of halogens is 2. The predicted octanol–water partition coefficient (Wildman–Crippen LogP) is 2.72. The zero-order chi connectivity index (χ0) is 16.1. The fourth-order valence-electron chi connectivity index (χ4n) is 2.25. The fourth-order valence-corrected chi connectivity index (χ4v) is 2.40. The molecule has 7 heteroatoms. The number of hydrogen-bond donors (Lipinski definition) is 2. The van der Waals surface area contributed by atoms with Crippen LogP contribution in [0.2, 0.25) is 5.02 Å². The molecule has 0 fully saturated rings. The third-order valence-electron chi connectivity index (χ3n) is 3.40. The highest BCUT2D eigenvalue weighted by atomic mass is 35.5. The molecule has 2 rings (SSSR count). The van der Waals surface area contributed by atoms with Crippen LogP contribution < -0.4 is 5.73 Å². The molecule has 0 bridgehead atoms. The van der Waals surface area contributed by atoms with E-state index < -0.39 is 0 Å². The Morgan fingerprint density at radius 2 is 2.27 bits per heavy atom. The third kappa shape index (κ3) is 3.97. The van der Waals surface area contributed by atoms with E-state index in [2.05, 4.69) is 10.2 Å². The van der Waals surface area contributed by atoms with Crippen LogP contribution >= 0.6 is 11.6 Å². The lowest BCUT2D eigenvalue weighted by Gasteiger charge is -2.17. The van der Waals surface area contributed by atoms with Gasteiger partial charge in [0.25, 0.3) is 0 Å². The molecule has 1 aromatic heterocycles. The number of anilines is 1. The van der Waals surface area contributed by atoms with Gasteiger partial charge in [-0.1, -0.05) is 17.7 Å². The lowest BCUT2D eigenvalue weighted by Crippen LogP contribution is -2.20. The van der Waals surface area contributed by atoms with E-state index in [9.17, 15) is 4.39 Å². The van der Waals surface area contributed by atoms with Crippen molar-refractivity contribution in [3.05, 3.63) is 45.9 Å². The highest BCUT2D eigenvalue weighted by molar-refractivity contribution is 6.30. The molecular formula is C15H17ClFN5. The number of nitriles is 1. The van der Waals surface area contributed by atoms with E-state index in [4.69, 9.17) is 22.6 Å². The summed E-state index contributed by atoms with van der Waals surface area (Å²) in [5.74, 6) is -0.0680. The molecule has 0 aliphatic rings. The molecule has 0 unspecified atom stereocenters. The van der Waals surface area contributed by atoms with E-state index in [0.29, 0.717) is 29.1 Å². The summed E-state index contributed by atoms with van der Waals surface area (Å²) in [5.41, 5.74) is 7.34. The summed E-state index contributed by atoms with van der Waals surface area (Å²) in [6.45, 7) is 1.26. The molecule has 0 atom stereocenters. The van der Waals surface area contributed by atoms with Gasteiger partial charge in [-0.05, 0) is 38.6 Å². The Hall–Kier alpha value is -2.10. The topological polar surface area (TPSA) is 81.7 Å². The molecule has 0 aliphatic heterocycles. The second-order valence-electron chi connectivity index (χ2n) is 5.15. The van der Waals surface area contributed by atoms with Crippen LogP contribution in [-0.2, 0) is 13.0 Å². The number of benzene rings is 1. The van der Waals surface area contributed by atoms with Gasteiger partial charge in [0.15, 0.2) is 5.82 Å². The van der Waals surface area contributed by atoms with Gasteiger partial charge < -0.3 is 10.6 Å². The number of hydrogen-bond acceptors (Lipinski definition) is 4. The molecule has 5 nitrogen and oxygen atoms in total. The fraction of sp³-hybridized carbons (Fsp3) is 0.333. The van der Waals surface area contributed by atoms with Gasteiger partial charge in [-0.25, -0.2) is 4.39 Å². The maximum atomic E-state index is 13.7. The number of nitrogens with zero attached hydrogens (tertiary/aromatic N) is 3. The number of rotatable bonds is 6. The van der Waals surface area contributed by atoms with E-state index in [1.165, 1.54) is 6.07 Å². The molecule has 2 aromatic rings. The first-order valence-corrected chi connectivity index (χ1v) is 7.24. The summed E-state index contributed by atoms with van der Waals surface area (Å²) in [7, 11) is 1.92. The van der Waals surface area contributed by atoms with Gasteiger partial charge in [-0.3, -0.25) is 5.10 Å². The average molecular weight is 322 g/mol. The van der Waals surface area contributed by atoms with Crippen molar-refractivity contribution in [3.63, 3.8) is 0 Å². The minimum absolute atomic E-state index is 0.231. The van der Waals surface area contributed by atoms with Crippen LogP contribution in [0.15, 0.2) is 18.2 Å². The van der Waals surface area contributed by atoms with Crippen LogP contribution in [0.3, 0.4) is 0 Å². The SMILES string of the molecule is CN(CCCc1[nH]nc(N)c1C#N)Cc1ccc(Cl)cc1F. The molecule has 1 heterocycles. The summed E-state index contributed by atoms with van der Waals surface area (Å²) in [6.07, 6.45) is 1.47. The third-order valence-corrected chi connectivity index (χ3v) is 3.64. The minimum atomic E-state index is -0.299. The number of aromatic nitrogens is 2. The lowest BCUT2D eigenvalue weighted by molar-refractivity contribution is 0.316. The lowest BCUT2D eigenvalue weighted by atomic mass is 10.1. The van der Waals surface area contributed by atoms with Gasteiger partial charge >= 0.3 is 0 Å². The first kappa shape index (κ1) is 16.3. The van der Waals surface area contributed by atoms with Crippen molar-refractivity contribution in [1.82, 2.24) is 15.1 Å². The summed E-state index contributed by atoms with van der Waals surface area (Å²) in [4.78, 5) is 2.01. The second kappa shape index (κ2) is 7.25. The van der Waals surface area contributed by atoms with Gasteiger partial charge in [0.05, 0.1) is 5.69 Å². The van der Waals surface area contributed by atoms with Crippen molar-refractivity contribution in [1.29, 1.82) is 5.26 Å². The Balaban J connectivity index is 1.85. The smallest absolute Gasteiger partial charge is 0.163 e. The Morgan fingerprint density at radius 3 is 2.95 bits per heavy atom. The highest BCUT2D eigenvalue weighted by Gasteiger charge is 2.11. The molecule has 0 spiro atoms. The van der Waals surface area contributed by atoms with E-state index >= 15 is 0 Å². The Bertz CT molecular complexity index is 692. The van der Waals surface area contributed by atoms with Crippen molar-refractivity contribution in [2.45, 2.75) is 19.4 Å². The van der Waals surface area contributed by atoms with Crippen LogP contribution in [-0.4, -0.2) is 28.7 Å². The minimum Gasteiger partial charge on any atom is -0.381 e. The number of aromatic amines is 1. The molecule has 0 radical (unpaired) electrons. The van der Waals surface area contributed by atoms with E-state index in [1.54, 1.807) is 12.1 Å². The zero-order valence-corrected chi connectivity index (χ0v) is 13.0. The largest absolute Gasteiger partial charge is 0.381 e. The van der Waals surface area contributed by atoms with Gasteiger partial charge in [0.2, 0.25) is 0 Å². The quantitative estimate of drug-likeness (QED) is 0.857. The van der Waals surface area contributed by atoms with Crippen LogP contribution in [0.25, 0.3) is 0 Å². The molecule has 0 saturated heterocycles. The van der Waals surface area contributed by atoms with Gasteiger partial charge in [0.1, 0.15) is 17.4 Å². The van der Waals surface area contributed by atoms with Gasteiger partial charge in [-0.15, -0.1) is 0 Å². The summed E-state index contributed by atoms with van der Waals surface area (Å²) >= 11 is 5.74. The number of nitrogens with two attached hydrogens (primary N) is 1. The molecule has 3 N–H and O–H groups in total. The second-order valence-corrected chi connectivity index (χ2v) is 5.59. The first-order chi connectivity index (χ1) is 10.5. The standard InChI is InChI=1S/C15H17ClFN5/c1-22(9-10-4-5-11(16)7-13(10)17)6-2-3-14-12(8-18)15(19)21-20-14/h4-5,7H,2-3,6,9H2,1H3,(H3,19,20,21). The molecule has 0 aliphatic carbocycles. The monoisotopic (exact) mass is 321 g/mol. The van der Waals surface area contributed by atoms with Crippen molar-refractivity contribution in [3.8, 4) is 6.07 Å². The predicted molar refractivity (Wildman–Crippen MR) is 83.8 cm³/mol. The number of H-pyrrole nitrogens is 1. The maximum Gasteiger partial charge on any atom is 0.163 e. The number of aryl methyl sites for hydroxylation is 1. The highest BCUT2D eigenvalue weighted by Crippen LogP contribution is 2.17. The zero-order valence-electron chi connectivity index (χ0n) is 12.2. The van der Waals surface area contributed by atoms with Crippen LogP contribution in [0.1, 0.15) is 23.2 Å². The molecule has 0 amide bonds. The molecule has 1 aromatic carbocycles.